The van der Waals surface area contributed by atoms with E-state index < -0.39 is 0 Å². The molecule has 0 bridgehead atoms. The number of anilines is 1. The van der Waals surface area contributed by atoms with Gasteiger partial charge in [0, 0.05) is 6.54 Å². The first-order valence-corrected chi connectivity index (χ1v) is 4.02. The number of para-hydroxylation sites is 1. The zero-order valence-electron chi connectivity index (χ0n) is 7.31. The van der Waals surface area contributed by atoms with Crippen molar-refractivity contribution in [1.82, 2.24) is 5.43 Å². The molecule has 1 amide bonds. The molecule has 13 heavy (non-hydrogen) atoms. The van der Waals surface area contributed by atoms with E-state index in [9.17, 15) is 4.79 Å². The fraction of sp³-hybridized carbons (Fsp3) is 0.100. The van der Waals surface area contributed by atoms with Crippen LogP contribution in [0.1, 0.15) is 0 Å². The highest BCUT2D eigenvalue weighted by Crippen LogP contribution is 2.08. The van der Waals surface area contributed by atoms with Crippen molar-refractivity contribution in [3.8, 4) is 0 Å². The van der Waals surface area contributed by atoms with Crippen molar-refractivity contribution in [3.63, 3.8) is 0 Å². The molecular weight excluding hydrogens is 164 g/mol. The minimum absolute atomic E-state index is 0.563. The number of amides is 1. The van der Waals surface area contributed by atoms with Crippen LogP contribution >= 0.6 is 0 Å². The molecule has 0 atom stereocenters. The second kappa shape index (κ2) is 5.11. The molecule has 1 aromatic rings. The highest BCUT2D eigenvalue weighted by atomic mass is 16.1. The highest BCUT2D eigenvalue weighted by molar-refractivity contribution is 5.73. The third kappa shape index (κ3) is 2.72. The lowest BCUT2D eigenvalue weighted by molar-refractivity contribution is -0.108. The molecule has 0 spiro atoms. The third-order valence-corrected chi connectivity index (χ3v) is 1.55. The van der Waals surface area contributed by atoms with Gasteiger partial charge in [0.25, 0.3) is 0 Å². The lowest BCUT2D eigenvalue weighted by Gasteiger charge is -2.16. The molecule has 0 saturated heterocycles. The molecule has 68 valence electrons. The van der Waals surface area contributed by atoms with Crippen molar-refractivity contribution < 1.29 is 4.79 Å². The average Bonchev–Trinajstić information content (AvgIpc) is 2.21. The van der Waals surface area contributed by atoms with Gasteiger partial charge in [0.1, 0.15) is 0 Å². The third-order valence-electron chi connectivity index (χ3n) is 1.55. The van der Waals surface area contributed by atoms with Crippen LogP contribution in [-0.4, -0.2) is 13.0 Å². The number of hydrogen-bond donors (Lipinski definition) is 1. The number of nitrogens with zero attached hydrogens (tertiary/aromatic N) is 1. The van der Waals surface area contributed by atoms with Gasteiger partial charge in [-0.25, -0.2) is 10.4 Å². The molecule has 1 rings (SSSR count). The van der Waals surface area contributed by atoms with E-state index in [1.54, 1.807) is 6.08 Å². The summed E-state index contributed by atoms with van der Waals surface area (Å²) in [5.74, 6) is 0. The zero-order chi connectivity index (χ0) is 9.52. The van der Waals surface area contributed by atoms with E-state index in [1.165, 1.54) is 5.01 Å². The first-order chi connectivity index (χ1) is 6.38. The summed E-state index contributed by atoms with van der Waals surface area (Å²) < 4.78 is 0. The summed E-state index contributed by atoms with van der Waals surface area (Å²) in [6.07, 6.45) is 2.43. The summed E-state index contributed by atoms with van der Waals surface area (Å²) in [4.78, 5) is 10.6. The largest absolute Gasteiger partial charge is 0.277 e. The Morgan fingerprint density at radius 2 is 2.08 bits per heavy atom. The molecule has 0 aromatic heterocycles. The number of hydrogen-bond acceptors (Lipinski definition) is 2. The Hall–Kier alpha value is -1.61. The van der Waals surface area contributed by atoms with Crippen LogP contribution in [-0.2, 0) is 4.79 Å². The van der Waals surface area contributed by atoms with Crippen molar-refractivity contribution >= 4 is 12.1 Å². The van der Waals surface area contributed by atoms with Crippen LogP contribution in [0.15, 0.2) is 43.0 Å². The van der Waals surface area contributed by atoms with Gasteiger partial charge in [0.15, 0.2) is 0 Å². The van der Waals surface area contributed by atoms with Crippen molar-refractivity contribution in [2.75, 3.05) is 11.6 Å². The molecule has 0 fully saturated rings. The van der Waals surface area contributed by atoms with E-state index in [0.29, 0.717) is 6.54 Å². The molecule has 3 heteroatoms. The van der Waals surface area contributed by atoms with Gasteiger partial charge in [0.2, 0.25) is 6.41 Å². The summed E-state index contributed by atoms with van der Waals surface area (Å²) in [7, 11) is 0. The van der Waals surface area contributed by atoms with E-state index in [1.807, 2.05) is 30.3 Å². The highest BCUT2D eigenvalue weighted by Gasteiger charge is 2.00. The quantitative estimate of drug-likeness (QED) is 0.417. The summed E-state index contributed by atoms with van der Waals surface area (Å²) in [6, 6.07) is 9.36. The second-order valence-electron chi connectivity index (χ2n) is 2.46. The smallest absolute Gasteiger partial charge is 0.228 e. The van der Waals surface area contributed by atoms with Gasteiger partial charge in [-0.2, -0.15) is 0 Å². The van der Waals surface area contributed by atoms with Crippen LogP contribution < -0.4 is 10.4 Å². The average molecular weight is 176 g/mol. The van der Waals surface area contributed by atoms with Crippen molar-refractivity contribution in [2.24, 2.45) is 0 Å². The topological polar surface area (TPSA) is 32.3 Å². The van der Waals surface area contributed by atoms with Crippen molar-refractivity contribution in [1.29, 1.82) is 0 Å². The van der Waals surface area contributed by atoms with Gasteiger partial charge in [-0.3, -0.25) is 4.79 Å². The number of rotatable bonds is 5. The zero-order valence-corrected chi connectivity index (χ0v) is 7.31. The molecule has 0 radical (unpaired) electrons. The molecule has 0 heterocycles. The van der Waals surface area contributed by atoms with Crippen molar-refractivity contribution in [2.45, 2.75) is 0 Å². The molecule has 0 aliphatic carbocycles. The fourth-order valence-corrected chi connectivity index (χ4v) is 0.941. The molecule has 1 N–H and O–H groups in total. The molecule has 0 aliphatic heterocycles. The maximum absolute atomic E-state index is 10.6. The van der Waals surface area contributed by atoms with E-state index in [0.717, 1.165) is 12.1 Å². The number of benzene rings is 1. The van der Waals surface area contributed by atoms with E-state index >= 15 is 0 Å². The Morgan fingerprint density at radius 3 is 2.62 bits per heavy atom. The van der Waals surface area contributed by atoms with Gasteiger partial charge in [0.05, 0.1) is 5.69 Å². The Labute approximate surface area is 77.6 Å². The summed E-state index contributed by atoms with van der Waals surface area (Å²) in [5, 5.41) is 1.42. The van der Waals surface area contributed by atoms with Crippen LogP contribution in [0.5, 0.6) is 0 Å². The SMILES string of the molecule is C=CCNN(C=O)c1ccccc1. The first kappa shape index (κ1) is 9.48. The maximum Gasteiger partial charge on any atom is 0.228 e. The van der Waals surface area contributed by atoms with Gasteiger partial charge in [-0.1, -0.05) is 24.3 Å². The Bertz CT molecular complexity index is 272. The van der Waals surface area contributed by atoms with Gasteiger partial charge >= 0.3 is 0 Å². The first-order valence-electron chi connectivity index (χ1n) is 4.02. The summed E-state index contributed by atoms with van der Waals surface area (Å²) in [5.41, 5.74) is 3.70. The molecule has 1 aromatic carbocycles. The van der Waals surface area contributed by atoms with E-state index in [4.69, 9.17) is 0 Å². The van der Waals surface area contributed by atoms with Crippen LogP contribution in [0, 0.1) is 0 Å². The predicted molar refractivity (Wildman–Crippen MR) is 53.2 cm³/mol. The number of carbonyl (C=O) groups excluding carboxylic acids is 1. The minimum atomic E-state index is 0.563. The van der Waals surface area contributed by atoms with Gasteiger partial charge < -0.3 is 0 Å². The standard InChI is InChI=1S/C10H12N2O/c1-2-8-11-12(9-13)10-6-4-3-5-7-10/h2-7,9,11H,1,8H2. The monoisotopic (exact) mass is 176 g/mol. The lowest BCUT2D eigenvalue weighted by atomic mass is 10.3. The maximum atomic E-state index is 10.6. The number of nitrogens with one attached hydrogen (secondary N) is 1. The Balaban J connectivity index is 2.66. The Kier molecular flexibility index (Phi) is 3.73. The fourth-order valence-electron chi connectivity index (χ4n) is 0.941. The van der Waals surface area contributed by atoms with Crippen LogP contribution in [0.25, 0.3) is 0 Å². The van der Waals surface area contributed by atoms with Crippen molar-refractivity contribution in [3.05, 3.63) is 43.0 Å². The molecule has 0 saturated carbocycles. The van der Waals surface area contributed by atoms with Crippen LogP contribution in [0.4, 0.5) is 5.69 Å². The van der Waals surface area contributed by atoms with Gasteiger partial charge in [-0.15, -0.1) is 6.58 Å². The normalized spacial score (nSPS) is 9.23. The number of carbonyl (C=O) groups is 1. The lowest BCUT2D eigenvalue weighted by Crippen LogP contribution is -2.36. The van der Waals surface area contributed by atoms with E-state index in [-0.39, 0.29) is 0 Å². The number of hydrazine groups is 1. The molecule has 0 aliphatic rings. The minimum Gasteiger partial charge on any atom is -0.277 e. The van der Waals surface area contributed by atoms with E-state index in [2.05, 4.69) is 12.0 Å². The predicted octanol–water partition coefficient (Wildman–Crippen LogP) is 1.34. The second-order valence-corrected chi connectivity index (χ2v) is 2.46. The molecular formula is C10H12N2O. The summed E-state index contributed by atoms with van der Waals surface area (Å²) >= 11 is 0. The molecule has 3 nitrogen and oxygen atoms in total. The van der Waals surface area contributed by atoms with Gasteiger partial charge in [-0.05, 0) is 12.1 Å². The summed E-state index contributed by atoms with van der Waals surface area (Å²) in [6.45, 7) is 4.12. The van der Waals surface area contributed by atoms with Crippen LogP contribution in [0.3, 0.4) is 0 Å². The Morgan fingerprint density at radius 1 is 1.38 bits per heavy atom. The van der Waals surface area contributed by atoms with Crippen LogP contribution in [0.2, 0.25) is 0 Å². The molecule has 0 unspecified atom stereocenters.